The molecule has 2 N–H and O–H groups in total. The highest BCUT2D eigenvalue weighted by Gasteiger charge is 2.34. The predicted molar refractivity (Wildman–Crippen MR) is 117 cm³/mol. The van der Waals surface area contributed by atoms with Gasteiger partial charge in [0.25, 0.3) is 0 Å². The molecule has 0 amide bonds. The molecule has 31 heavy (non-hydrogen) atoms. The van der Waals surface area contributed by atoms with Crippen molar-refractivity contribution in [3.63, 3.8) is 0 Å². The van der Waals surface area contributed by atoms with E-state index in [-0.39, 0.29) is 5.92 Å². The summed E-state index contributed by atoms with van der Waals surface area (Å²) in [6, 6.07) is 5.94. The molecule has 1 atom stereocenters. The van der Waals surface area contributed by atoms with E-state index in [1.54, 1.807) is 0 Å². The van der Waals surface area contributed by atoms with Crippen LogP contribution in [0.4, 0.5) is 13.2 Å². The van der Waals surface area contributed by atoms with E-state index in [9.17, 15) is 13.2 Å². The maximum atomic E-state index is 12.6. The zero-order valence-corrected chi connectivity index (χ0v) is 18.7. The topological polar surface area (TPSA) is 58.1 Å². The molecule has 1 aromatic rings. The zero-order chi connectivity index (χ0) is 22.7. The third-order valence-corrected chi connectivity index (χ3v) is 4.94. The SMILES string of the molecule is CCNC(=NCC1CCN(CC(F)(F)F)C1)NCCc1ccc(OCC)c(OCC)c1. The fraction of sp³-hybridized carbons (Fsp3) is 0.682. The van der Waals surface area contributed by atoms with E-state index in [4.69, 9.17) is 9.47 Å². The first-order chi connectivity index (χ1) is 14.8. The summed E-state index contributed by atoms with van der Waals surface area (Å²) in [6.45, 7) is 9.00. The fourth-order valence-electron chi connectivity index (χ4n) is 3.60. The summed E-state index contributed by atoms with van der Waals surface area (Å²) in [5.41, 5.74) is 1.12. The van der Waals surface area contributed by atoms with Crippen molar-refractivity contribution in [3.05, 3.63) is 23.8 Å². The van der Waals surface area contributed by atoms with Gasteiger partial charge in [-0.05, 0) is 63.8 Å². The number of nitrogens with zero attached hydrogens (tertiary/aromatic N) is 2. The maximum Gasteiger partial charge on any atom is 0.401 e. The van der Waals surface area contributed by atoms with Gasteiger partial charge < -0.3 is 20.1 Å². The summed E-state index contributed by atoms with van der Waals surface area (Å²) in [4.78, 5) is 6.05. The Bertz CT molecular complexity index is 698. The normalized spacial score (nSPS) is 17.6. The molecule has 9 heteroatoms. The molecule has 1 unspecified atom stereocenters. The van der Waals surface area contributed by atoms with Gasteiger partial charge in [0.1, 0.15) is 0 Å². The second-order valence-corrected chi connectivity index (χ2v) is 7.55. The summed E-state index contributed by atoms with van der Waals surface area (Å²) >= 11 is 0. The molecule has 0 spiro atoms. The van der Waals surface area contributed by atoms with Crippen LogP contribution in [-0.2, 0) is 6.42 Å². The minimum atomic E-state index is -4.14. The van der Waals surface area contributed by atoms with Gasteiger partial charge >= 0.3 is 6.18 Å². The van der Waals surface area contributed by atoms with Gasteiger partial charge in [0.2, 0.25) is 0 Å². The van der Waals surface area contributed by atoms with Crippen molar-refractivity contribution in [3.8, 4) is 11.5 Å². The van der Waals surface area contributed by atoms with Gasteiger partial charge in [-0.1, -0.05) is 6.07 Å². The first-order valence-corrected chi connectivity index (χ1v) is 11.0. The smallest absolute Gasteiger partial charge is 0.401 e. The van der Waals surface area contributed by atoms with E-state index in [0.717, 1.165) is 29.9 Å². The van der Waals surface area contributed by atoms with Crippen LogP contribution in [0.3, 0.4) is 0 Å². The van der Waals surface area contributed by atoms with Crippen LogP contribution in [0, 0.1) is 5.92 Å². The lowest BCUT2D eigenvalue weighted by molar-refractivity contribution is -0.143. The van der Waals surface area contributed by atoms with Crippen molar-refractivity contribution in [1.82, 2.24) is 15.5 Å². The lowest BCUT2D eigenvalue weighted by Gasteiger charge is -2.17. The first kappa shape index (κ1) is 25.1. The van der Waals surface area contributed by atoms with Crippen molar-refractivity contribution >= 4 is 5.96 Å². The summed E-state index contributed by atoms with van der Waals surface area (Å²) < 4.78 is 48.9. The number of hydrogen-bond acceptors (Lipinski definition) is 4. The van der Waals surface area contributed by atoms with Gasteiger partial charge in [-0.15, -0.1) is 0 Å². The number of guanidine groups is 1. The Hall–Kier alpha value is -2.16. The highest BCUT2D eigenvalue weighted by molar-refractivity contribution is 5.79. The quantitative estimate of drug-likeness (QED) is 0.404. The maximum absolute atomic E-state index is 12.6. The number of likely N-dealkylation sites (tertiary alicyclic amines) is 1. The number of aliphatic imine (C=N–C) groups is 1. The Morgan fingerprint density at radius 2 is 1.87 bits per heavy atom. The number of ether oxygens (including phenoxy) is 2. The number of hydrogen-bond donors (Lipinski definition) is 2. The van der Waals surface area contributed by atoms with Gasteiger partial charge in [-0.3, -0.25) is 9.89 Å². The van der Waals surface area contributed by atoms with E-state index in [2.05, 4.69) is 15.6 Å². The first-order valence-electron chi connectivity index (χ1n) is 11.0. The van der Waals surface area contributed by atoms with Crippen LogP contribution in [0.5, 0.6) is 11.5 Å². The average Bonchev–Trinajstić information content (AvgIpc) is 3.14. The van der Waals surface area contributed by atoms with Gasteiger partial charge in [-0.2, -0.15) is 13.2 Å². The second kappa shape index (κ2) is 12.6. The van der Waals surface area contributed by atoms with Gasteiger partial charge in [0.15, 0.2) is 17.5 Å². The van der Waals surface area contributed by atoms with Crippen molar-refractivity contribution < 1.29 is 22.6 Å². The minimum absolute atomic E-state index is 0.151. The van der Waals surface area contributed by atoms with Crippen LogP contribution < -0.4 is 20.1 Å². The molecule has 176 valence electrons. The number of alkyl halides is 3. The van der Waals surface area contributed by atoms with E-state index in [0.29, 0.717) is 51.9 Å². The molecule has 0 radical (unpaired) electrons. The van der Waals surface area contributed by atoms with Gasteiger partial charge in [0, 0.05) is 26.2 Å². The highest BCUT2D eigenvalue weighted by atomic mass is 19.4. The van der Waals surface area contributed by atoms with Crippen LogP contribution in [-0.4, -0.2) is 69.5 Å². The molecule has 1 heterocycles. The molecule has 1 saturated heterocycles. The minimum Gasteiger partial charge on any atom is -0.490 e. The Balaban J connectivity index is 1.85. The largest absolute Gasteiger partial charge is 0.490 e. The predicted octanol–water partition coefficient (Wildman–Crippen LogP) is 3.47. The number of halogens is 3. The highest BCUT2D eigenvalue weighted by Crippen LogP contribution is 2.28. The van der Waals surface area contributed by atoms with Crippen LogP contribution in [0.2, 0.25) is 0 Å². The summed E-state index contributed by atoms with van der Waals surface area (Å²) in [7, 11) is 0. The molecule has 1 aliphatic rings. The van der Waals surface area contributed by atoms with Crippen molar-refractivity contribution in [2.45, 2.75) is 39.8 Å². The lowest BCUT2D eigenvalue weighted by atomic mass is 10.1. The summed E-state index contributed by atoms with van der Waals surface area (Å²) in [5, 5.41) is 6.51. The number of nitrogens with one attached hydrogen (secondary N) is 2. The van der Waals surface area contributed by atoms with Crippen LogP contribution >= 0.6 is 0 Å². The molecule has 0 aromatic heterocycles. The molecule has 0 aliphatic carbocycles. The third-order valence-electron chi connectivity index (χ3n) is 4.94. The van der Waals surface area contributed by atoms with Crippen LogP contribution in [0.25, 0.3) is 0 Å². The Morgan fingerprint density at radius 1 is 1.13 bits per heavy atom. The molecule has 1 aliphatic heterocycles. The monoisotopic (exact) mass is 444 g/mol. The molecule has 0 saturated carbocycles. The average molecular weight is 445 g/mol. The van der Waals surface area contributed by atoms with E-state index in [1.165, 1.54) is 4.90 Å². The summed E-state index contributed by atoms with van der Waals surface area (Å²) in [5.74, 6) is 2.32. The van der Waals surface area contributed by atoms with E-state index >= 15 is 0 Å². The van der Waals surface area contributed by atoms with E-state index < -0.39 is 12.7 Å². The molecular formula is C22H35F3N4O2. The van der Waals surface area contributed by atoms with E-state index in [1.807, 2.05) is 39.0 Å². The molecule has 1 aromatic carbocycles. The summed E-state index contributed by atoms with van der Waals surface area (Å²) in [6.07, 6.45) is -2.62. The fourth-order valence-corrected chi connectivity index (χ4v) is 3.60. The third kappa shape index (κ3) is 9.25. The zero-order valence-electron chi connectivity index (χ0n) is 18.7. The second-order valence-electron chi connectivity index (χ2n) is 7.55. The molecule has 6 nitrogen and oxygen atoms in total. The Labute approximate surface area is 183 Å². The lowest BCUT2D eigenvalue weighted by Crippen LogP contribution is -2.38. The molecule has 0 bridgehead atoms. The Morgan fingerprint density at radius 3 is 2.55 bits per heavy atom. The number of rotatable bonds is 11. The molecule has 2 rings (SSSR count). The van der Waals surface area contributed by atoms with Gasteiger partial charge in [-0.25, -0.2) is 0 Å². The van der Waals surface area contributed by atoms with Crippen molar-refractivity contribution in [2.24, 2.45) is 10.9 Å². The van der Waals surface area contributed by atoms with Crippen molar-refractivity contribution in [1.29, 1.82) is 0 Å². The number of benzene rings is 1. The van der Waals surface area contributed by atoms with Crippen LogP contribution in [0.15, 0.2) is 23.2 Å². The van der Waals surface area contributed by atoms with Crippen molar-refractivity contribution in [2.75, 3.05) is 52.5 Å². The van der Waals surface area contributed by atoms with Gasteiger partial charge in [0.05, 0.1) is 19.8 Å². The Kier molecular flexibility index (Phi) is 10.2. The van der Waals surface area contributed by atoms with Crippen LogP contribution in [0.1, 0.15) is 32.8 Å². The molecule has 1 fully saturated rings. The standard InChI is InChI=1S/C22H35F3N4O2/c1-4-26-21(28-14-18-10-12-29(15-18)16-22(23,24)25)27-11-9-17-7-8-19(30-5-2)20(13-17)31-6-3/h7-8,13,18H,4-6,9-12,14-16H2,1-3H3,(H2,26,27,28). The molecular weight excluding hydrogens is 409 g/mol.